The van der Waals surface area contributed by atoms with Crippen molar-refractivity contribution in [3.8, 4) is 0 Å². The van der Waals surface area contributed by atoms with Crippen LogP contribution in [0.4, 0.5) is 0 Å². The van der Waals surface area contributed by atoms with E-state index in [0.717, 1.165) is 109 Å². The normalized spacial score (nSPS) is 12.7. The number of rotatable bonds is 61. The zero-order valence-corrected chi connectivity index (χ0v) is 52.1. The van der Waals surface area contributed by atoms with Crippen LogP contribution in [0, 0.1) is 0 Å². The van der Waals surface area contributed by atoms with Gasteiger partial charge in [0.2, 0.25) is 0 Å². The Bertz CT molecular complexity index is 1540. The van der Waals surface area contributed by atoms with E-state index in [2.05, 4.69) is 118 Å². The highest BCUT2D eigenvalue weighted by Gasteiger charge is 2.19. The smallest absolute Gasteiger partial charge is 0.306 e. The van der Waals surface area contributed by atoms with E-state index in [1.807, 2.05) is 0 Å². The fourth-order valence-corrected chi connectivity index (χ4v) is 9.50. The van der Waals surface area contributed by atoms with Crippen LogP contribution in [0.25, 0.3) is 0 Å². The molecule has 0 fully saturated rings. The first-order valence-corrected chi connectivity index (χ1v) is 33.7. The molecule has 0 spiro atoms. The molecule has 0 aromatic carbocycles. The summed E-state index contributed by atoms with van der Waals surface area (Å²) < 4.78 is 17.0. The van der Waals surface area contributed by atoms with Gasteiger partial charge in [0.25, 0.3) is 0 Å². The topological polar surface area (TPSA) is 78.9 Å². The van der Waals surface area contributed by atoms with Crippen LogP contribution in [0.3, 0.4) is 0 Å². The lowest BCUT2D eigenvalue weighted by Gasteiger charge is -2.18. The molecule has 0 radical (unpaired) electrons. The van der Waals surface area contributed by atoms with Crippen molar-refractivity contribution in [3.63, 3.8) is 0 Å². The van der Waals surface area contributed by atoms with Crippen molar-refractivity contribution >= 4 is 17.9 Å². The molecule has 0 rings (SSSR count). The molecule has 0 heterocycles. The Morgan fingerprint density at radius 1 is 0.266 bits per heavy atom. The molecule has 0 aliphatic rings. The van der Waals surface area contributed by atoms with Crippen molar-refractivity contribution in [2.75, 3.05) is 13.2 Å². The van der Waals surface area contributed by atoms with Crippen molar-refractivity contribution in [3.05, 3.63) is 97.2 Å². The van der Waals surface area contributed by atoms with Crippen molar-refractivity contribution in [2.24, 2.45) is 0 Å². The van der Waals surface area contributed by atoms with Crippen LogP contribution in [0.2, 0.25) is 0 Å². The highest BCUT2D eigenvalue weighted by Crippen LogP contribution is 2.16. The average Bonchev–Trinajstić information content (AvgIpc) is 3.45. The van der Waals surface area contributed by atoms with Gasteiger partial charge in [-0.15, -0.1) is 0 Å². The molecule has 6 heteroatoms. The minimum Gasteiger partial charge on any atom is -0.462 e. The number of hydrogen-bond acceptors (Lipinski definition) is 6. The number of carbonyl (C=O) groups is 3. The number of carbonyl (C=O) groups excluding carboxylic acids is 3. The molecule has 0 aromatic heterocycles. The zero-order chi connectivity index (χ0) is 57.1. The van der Waals surface area contributed by atoms with E-state index in [1.165, 1.54) is 180 Å². The van der Waals surface area contributed by atoms with Crippen LogP contribution in [0.15, 0.2) is 97.2 Å². The lowest BCUT2D eigenvalue weighted by atomic mass is 10.1. The van der Waals surface area contributed by atoms with Crippen LogP contribution in [0.1, 0.15) is 329 Å². The van der Waals surface area contributed by atoms with E-state index in [4.69, 9.17) is 14.2 Å². The van der Waals surface area contributed by atoms with Crippen molar-refractivity contribution < 1.29 is 28.6 Å². The minimum absolute atomic E-state index is 0.0840. The number of unbranched alkanes of at least 4 members (excludes halogenated alkanes) is 34. The fraction of sp³-hybridized carbons (Fsp3) is 0.740. The van der Waals surface area contributed by atoms with Crippen LogP contribution in [0.5, 0.6) is 0 Å². The van der Waals surface area contributed by atoms with Gasteiger partial charge in [0.15, 0.2) is 6.10 Å². The van der Waals surface area contributed by atoms with E-state index in [0.29, 0.717) is 19.3 Å². The summed E-state index contributed by atoms with van der Waals surface area (Å²) in [5, 5.41) is 0. The highest BCUT2D eigenvalue weighted by atomic mass is 16.6. The van der Waals surface area contributed by atoms with Gasteiger partial charge in [0.1, 0.15) is 13.2 Å². The van der Waals surface area contributed by atoms with E-state index in [-0.39, 0.29) is 31.1 Å². The van der Waals surface area contributed by atoms with Gasteiger partial charge in [0.05, 0.1) is 0 Å². The Balaban J connectivity index is 4.40. The molecule has 0 saturated heterocycles. The predicted molar refractivity (Wildman–Crippen MR) is 344 cm³/mol. The van der Waals surface area contributed by atoms with Crippen molar-refractivity contribution in [2.45, 2.75) is 335 Å². The molecule has 6 nitrogen and oxygen atoms in total. The molecule has 0 aliphatic heterocycles. The van der Waals surface area contributed by atoms with E-state index in [9.17, 15) is 14.4 Å². The largest absolute Gasteiger partial charge is 0.462 e. The molecule has 79 heavy (non-hydrogen) atoms. The zero-order valence-electron chi connectivity index (χ0n) is 52.1. The van der Waals surface area contributed by atoms with Crippen molar-refractivity contribution in [1.82, 2.24) is 0 Å². The highest BCUT2D eigenvalue weighted by molar-refractivity contribution is 5.71. The van der Waals surface area contributed by atoms with Crippen LogP contribution in [-0.2, 0) is 28.6 Å². The average molecular weight is 1100 g/mol. The summed E-state index contributed by atoms with van der Waals surface area (Å²) in [6.45, 7) is 6.52. The first-order valence-electron chi connectivity index (χ1n) is 33.7. The molecular formula is C73H126O6. The monoisotopic (exact) mass is 1100 g/mol. The standard InChI is InChI=1S/C73H126O6/c1-4-7-10-13-16-19-22-25-28-31-34-35-36-37-40-42-45-48-51-54-57-60-63-66-72(75)78-69-70(79-73(76)67-64-61-58-55-52-49-46-43-39-33-30-27-24-21-18-15-12-9-6-3)68-77-71(74)65-62-59-56-53-50-47-44-41-38-32-29-26-23-20-17-14-11-8-5-2/h7,10,16,18-19,21,25-30,34-35,39,43,70H,4-6,8-9,11-15,17,20,22-24,31-33,36-38,40-42,44-69H2,1-3H3/b10-7-,19-16-,21-18-,28-25-,29-26-,30-27-,35-34-,43-39-. The number of hydrogen-bond donors (Lipinski definition) is 0. The Labute approximate surface area is 489 Å². The van der Waals surface area contributed by atoms with Crippen LogP contribution < -0.4 is 0 Å². The third kappa shape index (κ3) is 65.0. The Kier molecular flexibility index (Phi) is 63.7. The molecule has 0 aromatic rings. The Morgan fingerprint density at radius 3 is 0.810 bits per heavy atom. The summed E-state index contributed by atoms with van der Waals surface area (Å²) in [6.07, 6.45) is 89.8. The van der Waals surface area contributed by atoms with Crippen LogP contribution in [-0.4, -0.2) is 37.2 Å². The number of ether oxygens (including phenoxy) is 3. The van der Waals surface area contributed by atoms with E-state index in [1.54, 1.807) is 0 Å². The lowest BCUT2D eigenvalue weighted by Crippen LogP contribution is -2.30. The van der Waals surface area contributed by atoms with Gasteiger partial charge in [-0.05, 0) is 122 Å². The summed E-state index contributed by atoms with van der Waals surface area (Å²) >= 11 is 0. The molecule has 0 bridgehead atoms. The summed E-state index contributed by atoms with van der Waals surface area (Å²) in [6, 6.07) is 0. The number of esters is 3. The maximum atomic E-state index is 12.9. The van der Waals surface area contributed by atoms with E-state index >= 15 is 0 Å². The lowest BCUT2D eigenvalue weighted by molar-refractivity contribution is -0.167. The second kappa shape index (κ2) is 66.8. The molecule has 1 atom stereocenters. The summed E-state index contributed by atoms with van der Waals surface area (Å²) in [5.41, 5.74) is 0. The van der Waals surface area contributed by atoms with Gasteiger partial charge in [-0.1, -0.05) is 285 Å². The minimum atomic E-state index is -0.790. The molecule has 0 saturated carbocycles. The molecule has 0 amide bonds. The third-order valence-corrected chi connectivity index (χ3v) is 14.5. The van der Waals surface area contributed by atoms with Crippen LogP contribution >= 0.6 is 0 Å². The predicted octanol–water partition coefficient (Wildman–Crippen LogP) is 23.2. The van der Waals surface area contributed by atoms with Gasteiger partial charge in [-0.3, -0.25) is 14.4 Å². The Morgan fingerprint density at radius 2 is 0.494 bits per heavy atom. The van der Waals surface area contributed by atoms with Gasteiger partial charge >= 0.3 is 17.9 Å². The Hall–Kier alpha value is -3.67. The van der Waals surface area contributed by atoms with Gasteiger partial charge in [0, 0.05) is 19.3 Å². The summed E-state index contributed by atoms with van der Waals surface area (Å²) in [4.78, 5) is 38.4. The molecule has 0 N–H and O–H groups in total. The maximum Gasteiger partial charge on any atom is 0.306 e. The SMILES string of the molecule is CC/C=C\C/C=C\C/C=C\C/C=C\CCCCCCCCCCCCC(=O)OCC(COC(=O)CCCCCCCCCCC/C=C\CCCCCCCC)OC(=O)CCCCCCCC/C=C\C/C=C\C/C=C\CCCCC. The van der Waals surface area contributed by atoms with Gasteiger partial charge in [-0.25, -0.2) is 0 Å². The summed E-state index contributed by atoms with van der Waals surface area (Å²) in [7, 11) is 0. The quantitative estimate of drug-likeness (QED) is 0.0261. The third-order valence-electron chi connectivity index (χ3n) is 14.5. The maximum absolute atomic E-state index is 12.9. The second-order valence-electron chi connectivity index (χ2n) is 22.3. The molecule has 454 valence electrons. The van der Waals surface area contributed by atoms with Gasteiger partial charge < -0.3 is 14.2 Å². The fourth-order valence-electron chi connectivity index (χ4n) is 9.50. The molecule has 1 unspecified atom stereocenters. The van der Waals surface area contributed by atoms with Gasteiger partial charge in [-0.2, -0.15) is 0 Å². The first-order chi connectivity index (χ1) is 39.0. The molecule has 0 aliphatic carbocycles. The van der Waals surface area contributed by atoms with E-state index < -0.39 is 6.10 Å². The molecular weight excluding hydrogens is 973 g/mol. The number of allylic oxidation sites excluding steroid dienone is 16. The summed E-state index contributed by atoms with van der Waals surface area (Å²) in [5.74, 6) is -0.890. The van der Waals surface area contributed by atoms with Crippen molar-refractivity contribution in [1.29, 1.82) is 0 Å². The second-order valence-corrected chi connectivity index (χ2v) is 22.3. The first kappa shape index (κ1) is 75.3.